The average molecular weight is 395 g/mol. The summed E-state index contributed by atoms with van der Waals surface area (Å²) < 4.78 is 13.1. The van der Waals surface area contributed by atoms with Crippen molar-refractivity contribution in [1.29, 1.82) is 0 Å². The first-order chi connectivity index (χ1) is 13.9. The van der Waals surface area contributed by atoms with Crippen LogP contribution in [0.5, 0.6) is 0 Å². The Morgan fingerprint density at radius 1 is 1.21 bits per heavy atom. The number of ether oxygens (including phenoxy) is 1. The van der Waals surface area contributed by atoms with Crippen molar-refractivity contribution in [3.05, 3.63) is 28.8 Å². The third-order valence-corrected chi connectivity index (χ3v) is 6.83. The first-order valence-corrected chi connectivity index (χ1v) is 10.8. The predicted octanol–water partition coefficient (Wildman–Crippen LogP) is 4.07. The van der Waals surface area contributed by atoms with E-state index in [-0.39, 0.29) is 6.10 Å². The summed E-state index contributed by atoms with van der Waals surface area (Å²) in [6, 6.07) is 3.75. The van der Waals surface area contributed by atoms with Gasteiger partial charge >= 0.3 is 0 Å². The summed E-state index contributed by atoms with van der Waals surface area (Å²) in [4.78, 5) is 12.3. The summed E-state index contributed by atoms with van der Waals surface area (Å²) >= 11 is 1.81. The van der Waals surface area contributed by atoms with Crippen LogP contribution in [0.2, 0.25) is 0 Å². The third-order valence-electron chi connectivity index (χ3n) is 5.64. The molecule has 1 aliphatic heterocycles. The molecule has 1 N–H and O–H groups in total. The molecule has 4 aromatic heterocycles. The van der Waals surface area contributed by atoms with Gasteiger partial charge in [-0.2, -0.15) is 4.52 Å². The van der Waals surface area contributed by atoms with Crippen molar-refractivity contribution in [2.75, 3.05) is 18.5 Å². The van der Waals surface area contributed by atoms with E-state index in [1.807, 2.05) is 16.6 Å². The maximum atomic E-state index is 5.76. The molecule has 28 heavy (non-hydrogen) atoms. The molecule has 5 heterocycles. The van der Waals surface area contributed by atoms with Crippen LogP contribution < -0.4 is 5.32 Å². The summed E-state index contributed by atoms with van der Waals surface area (Å²) in [6.07, 6.45) is 8.81. The number of nitrogens with one attached hydrogen (secondary N) is 1. The number of aromatic nitrogens is 4. The van der Waals surface area contributed by atoms with Gasteiger partial charge in [-0.15, -0.1) is 16.4 Å². The van der Waals surface area contributed by atoms with Crippen molar-refractivity contribution >= 4 is 33.1 Å². The zero-order chi connectivity index (χ0) is 18.5. The molecule has 1 fully saturated rings. The number of hydrogen-bond donors (Lipinski definition) is 1. The highest BCUT2D eigenvalue weighted by Crippen LogP contribution is 2.38. The van der Waals surface area contributed by atoms with E-state index in [9.17, 15) is 0 Å². The van der Waals surface area contributed by atoms with E-state index in [0.717, 1.165) is 60.6 Å². The normalized spacial score (nSPS) is 19.5. The molecule has 144 valence electrons. The molecule has 6 rings (SSSR count). The fraction of sp³-hybridized carbons (Fsp3) is 0.450. The van der Waals surface area contributed by atoms with Gasteiger partial charge < -0.3 is 14.5 Å². The number of fused-ring (bicyclic) bond motifs is 5. The summed E-state index contributed by atoms with van der Waals surface area (Å²) in [5.41, 5.74) is 2.28. The van der Waals surface area contributed by atoms with Gasteiger partial charge in [-0.3, -0.25) is 0 Å². The van der Waals surface area contributed by atoms with Crippen molar-refractivity contribution in [3.8, 4) is 11.6 Å². The number of aryl methyl sites for hydroxylation is 2. The number of rotatable bonds is 4. The van der Waals surface area contributed by atoms with Crippen LogP contribution in [0.1, 0.15) is 36.1 Å². The second-order valence-electron chi connectivity index (χ2n) is 7.49. The molecular weight excluding hydrogens is 374 g/mol. The molecule has 0 aromatic carbocycles. The monoisotopic (exact) mass is 395 g/mol. The molecule has 1 atom stereocenters. The van der Waals surface area contributed by atoms with Crippen LogP contribution in [-0.2, 0) is 17.6 Å². The van der Waals surface area contributed by atoms with Gasteiger partial charge in [0, 0.05) is 18.0 Å². The van der Waals surface area contributed by atoms with Gasteiger partial charge in [0.25, 0.3) is 0 Å². The standard InChI is InChI=1S/C20H21N5O2S/c1-2-8-15-13(6-1)16-18-22-17(14-7-4-10-27-14)24-25(18)20(23-19(16)28-15)21-11-12-5-3-9-26-12/h4,7,10,12H,1-3,5-6,8-9,11H2,(H,21,23). The Balaban J connectivity index is 1.52. The molecule has 0 spiro atoms. The van der Waals surface area contributed by atoms with Crippen LogP contribution in [-0.4, -0.2) is 38.8 Å². The van der Waals surface area contributed by atoms with Crippen LogP contribution in [0.15, 0.2) is 22.8 Å². The molecule has 8 heteroatoms. The molecule has 0 bridgehead atoms. The highest BCUT2D eigenvalue weighted by atomic mass is 32.1. The van der Waals surface area contributed by atoms with E-state index >= 15 is 0 Å². The number of nitrogens with zero attached hydrogens (tertiary/aromatic N) is 4. The topological polar surface area (TPSA) is 77.5 Å². The van der Waals surface area contributed by atoms with Crippen LogP contribution in [0.3, 0.4) is 0 Å². The quantitative estimate of drug-likeness (QED) is 0.561. The first kappa shape index (κ1) is 16.5. The molecule has 1 unspecified atom stereocenters. The molecule has 0 amide bonds. The van der Waals surface area contributed by atoms with E-state index in [1.165, 1.54) is 23.3 Å². The number of thiophene rings is 1. The van der Waals surface area contributed by atoms with E-state index in [2.05, 4.69) is 5.32 Å². The Kier molecular flexibility index (Phi) is 3.87. The Hall–Kier alpha value is -2.45. The first-order valence-electron chi connectivity index (χ1n) is 9.97. The molecule has 7 nitrogen and oxygen atoms in total. The van der Waals surface area contributed by atoms with Gasteiger partial charge in [0.2, 0.25) is 11.8 Å². The minimum Gasteiger partial charge on any atom is -0.461 e. The molecular formula is C20H21N5O2S. The summed E-state index contributed by atoms with van der Waals surface area (Å²) in [5, 5.41) is 9.35. The van der Waals surface area contributed by atoms with E-state index in [4.69, 9.17) is 24.2 Å². The van der Waals surface area contributed by atoms with Crippen LogP contribution in [0, 0.1) is 0 Å². The van der Waals surface area contributed by atoms with Gasteiger partial charge in [0.1, 0.15) is 4.83 Å². The molecule has 0 radical (unpaired) electrons. The highest BCUT2D eigenvalue weighted by Gasteiger charge is 2.24. The molecule has 2 aliphatic rings. The van der Waals surface area contributed by atoms with Gasteiger partial charge in [-0.05, 0) is 56.2 Å². The smallest absolute Gasteiger partial charge is 0.227 e. The lowest BCUT2D eigenvalue weighted by atomic mass is 9.97. The van der Waals surface area contributed by atoms with Crippen molar-refractivity contribution in [2.24, 2.45) is 0 Å². The fourth-order valence-corrected chi connectivity index (χ4v) is 5.52. The lowest BCUT2D eigenvalue weighted by Gasteiger charge is -2.12. The van der Waals surface area contributed by atoms with Gasteiger partial charge in [-0.25, -0.2) is 9.97 Å². The summed E-state index contributed by atoms with van der Waals surface area (Å²) in [6.45, 7) is 1.58. The molecule has 4 aromatic rings. The zero-order valence-corrected chi connectivity index (χ0v) is 16.3. The zero-order valence-electron chi connectivity index (χ0n) is 15.5. The average Bonchev–Trinajstić information content (AvgIpc) is 3.51. The highest BCUT2D eigenvalue weighted by molar-refractivity contribution is 7.19. The second kappa shape index (κ2) is 6.56. The van der Waals surface area contributed by atoms with Crippen molar-refractivity contribution in [2.45, 2.75) is 44.6 Å². The number of anilines is 1. The maximum Gasteiger partial charge on any atom is 0.227 e. The Morgan fingerprint density at radius 2 is 2.18 bits per heavy atom. The Bertz CT molecular complexity index is 1140. The molecule has 0 saturated carbocycles. The van der Waals surface area contributed by atoms with Crippen LogP contribution in [0.4, 0.5) is 5.95 Å². The SMILES string of the molecule is c1coc(-c2nc3c4c5c(sc4nc(NCC4CCCO4)n3n2)CCCC5)c1. The minimum absolute atomic E-state index is 0.233. The van der Waals surface area contributed by atoms with E-state index < -0.39 is 0 Å². The molecule has 1 aliphatic carbocycles. The van der Waals surface area contributed by atoms with Crippen LogP contribution in [0.25, 0.3) is 27.4 Å². The van der Waals surface area contributed by atoms with E-state index in [1.54, 1.807) is 17.6 Å². The van der Waals surface area contributed by atoms with Crippen LogP contribution >= 0.6 is 11.3 Å². The van der Waals surface area contributed by atoms with Gasteiger partial charge in [0.15, 0.2) is 11.4 Å². The van der Waals surface area contributed by atoms with Gasteiger partial charge in [-0.1, -0.05) is 0 Å². The number of hydrogen-bond acceptors (Lipinski definition) is 7. The second-order valence-corrected chi connectivity index (χ2v) is 8.57. The Labute approximate surface area is 165 Å². The molecule has 1 saturated heterocycles. The number of furan rings is 1. The fourth-order valence-electron chi connectivity index (χ4n) is 4.26. The third kappa shape index (κ3) is 2.62. The van der Waals surface area contributed by atoms with E-state index in [0.29, 0.717) is 11.6 Å². The lowest BCUT2D eigenvalue weighted by Crippen LogP contribution is -2.20. The maximum absolute atomic E-state index is 5.76. The van der Waals surface area contributed by atoms with Crippen molar-refractivity contribution < 1.29 is 9.15 Å². The lowest BCUT2D eigenvalue weighted by molar-refractivity contribution is 0.120. The summed E-state index contributed by atoms with van der Waals surface area (Å²) in [5.74, 6) is 1.99. The Morgan fingerprint density at radius 3 is 3.04 bits per heavy atom. The van der Waals surface area contributed by atoms with Crippen molar-refractivity contribution in [1.82, 2.24) is 19.6 Å². The largest absolute Gasteiger partial charge is 0.461 e. The predicted molar refractivity (Wildman–Crippen MR) is 108 cm³/mol. The van der Waals surface area contributed by atoms with Crippen molar-refractivity contribution in [3.63, 3.8) is 0 Å². The minimum atomic E-state index is 0.233. The summed E-state index contributed by atoms with van der Waals surface area (Å²) in [7, 11) is 0. The van der Waals surface area contributed by atoms with Gasteiger partial charge in [0.05, 0.1) is 17.8 Å².